The van der Waals surface area contributed by atoms with Crippen LogP contribution in [0.15, 0.2) is 194 Å². The molecular formula is C52H37N. The largest absolute Gasteiger partial charge is 0.314 e. The van der Waals surface area contributed by atoms with Gasteiger partial charge in [0, 0.05) is 17.1 Å². The molecule has 0 heterocycles. The summed E-state index contributed by atoms with van der Waals surface area (Å²) in [6.45, 7) is 4.25. The molecule has 2 aliphatic carbocycles. The zero-order valence-electron chi connectivity index (χ0n) is 29.8. The van der Waals surface area contributed by atoms with Crippen LogP contribution in [0.1, 0.15) is 13.8 Å². The van der Waals surface area contributed by atoms with Crippen LogP contribution in [0.2, 0.25) is 0 Å². The maximum Gasteiger partial charge on any atom is 0.0464 e. The van der Waals surface area contributed by atoms with Gasteiger partial charge in [-0.05, 0) is 139 Å². The fraction of sp³-hybridized carbons (Fsp3) is 0.0385. The van der Waals surface area contributed by atoms with Gasteiger partial charge in [0.2, 0.25) is 0 Å². The molecule has 10 rings (SSSR count). The van der Waals surface area contributed by atoms with Gasteiger partial charge in [0.05, 0.1) is 0 Å². The molecule has 2 aliphatic rings. The molecule has 53 heavy (non-hydrogen) atoms. The van der Waals surface area contributed by atoms with Crippen molar-refractivity contribution >= 4 is 22.1 Å². The average Bonchev–Trinajstić information content (AvgIpc) is 3.32. The third-order valence-electron chi connectivity index (χ3n) is 11.0. The Morgan fingerprint density at radius 3 is 1.75 bits per heavy atom. The quantitative estimate of drug-likeness (QED) is 0.159. The Morgan fingerprint density at radius 2 is 0.981 bits per heavy atom. The van der Waals surface area contributed by atoms with E-state index in [9.17, 15) is 0 Å². The van der Waals surface area contributed by atoms with Gasteiger partial charge in [0.1, 0.15) is 0 Å². The Hall–Kier alpha value is -6.70. The summed E-state index contributed by atoms with van der Waals surface area (Å²) in [7, 11) is 0. The fourth-order valence-electron chi connectivity index (χ4n) is 8.64. The summed E-state index contributed by atoms with van der Waals surface area (Å²) < 4.78 is 0. The number of hydrogen-bond donors (Lipinski definition) is 0. The number of nitrogens with zero attached hydrogens (tertiary/aromatic N) is 1. The second kappa shape index (κ2) is 12.5. The summed E-state index contributed by atoms with van der Waals surface area (Å²) in [4.78, 5) is 2.36. The molecular weight excluding hydrogens is 639 g/mol. The molecule has 0 aromatic heterocycles. The summed E-state index contributed by atoms with van der Waals surface area (Å²) in [6, 6.07) is 62.8. The predicted molar refractivity (Wildman–Crippen MR) is 226 cm³/mol. The molecule has 0 radical (unpaired) electrons. The highest BCUT2D eigenvalue weighted by atomic mass is 15.1. The first-order valence-corrected chi connectivity index (χ1v) is 18.5. The summed E-state index contributed by atoms with van der Waals surface area (Å²) in [5.74, 6) is 0. The highest BCUT2D eigenvalue weighted by molar-refractivity contribution is 6.15. The molecule has 8 aromatic carbocycles. The van der Waals surface area contributed by atoms with E-state index in [2.05, 4.69) is 207 Å². The van der Waals surface area contributed by atoms with Gasteiger partial charge >= 0.3 is 0 Å². The normalized spacial score (nSPS) is 12.4. The van der Waals surface area contributed by atoms with Gasteiger partial charge in [-0.2, -0.15) is 0 Å². The van der Waals surface area contributed by atoms with Gasteiger partial charge in [-0.1, -0.05) is 152 Å². The van der Waals surface area contributed by atoms with Gasteiger partial charge in [0.15, 0.2) is 0 Å². The Labute approximate surface area is 311 Å². The standard InChI is InChI=1S/C52H37N/c1-3-4-13-34(2)53(40-17-9-16-38(32-40)42-21-10-15-36-14-5-6-18-41(36)42)39-29-26-35(27-30-39)37-28-31-44-47-23-12-24-48-49-25-11-22-46(52(49)50(44)33-37)43-19-7-8-20-45(43)51(47)48/h3-33H,1-2H3/b4-3-,34-13+. The fourth-order valence-corrected chi connectivity index (χ4v) is 8.64. The van der Waals surface area contributed by atoms with Crippen molar-refractivity contribution in [3.63, 3.8) is 0 Å². The smallest absolute Gasteiger partial charge is 0.0464 e. The molecule has 0 aliphatic heterocycles. The molecule has 250 valence electrons. The molecule has 6 bridgehead atoms. The third-order valence-corrected chi connectivity index (χ3v) is 11.0. The lowest BCUT2D eigenvalue weighted by Crippen LogP contribution is -2.14. The zero-order chi connectivity index (χ0) is 35.5. The second-order valence-corrected chi connectivity index (χ2v) is 14.1. The predicted octanol–water partition coefficient (Wildman–Crippen LogP) is 14.8. The van der Waals surface area contributed by atoms with E-state index in [-0.39, 0.29) is 0 Å². The first-order valence-electron chi connectivity index (χ1n) is 18.5. The number of fused-ring (bicyclic) bond motifs is 5. The van der Waals surface area contributed by atoms with Crippen molar-refractivity contribution in [2.45, 2.75) is 13.8 Å². The number of anilines is 2. The van der Waals surface area contributed by atoms with Crippen LogP contribution in [-0.2, 0) is 0 Å². The van der Waals surface area contributed by atoms with Crippen LogP contribution < -0.4 is 4.90 Å². The molecule has 0 saturated heterocycles. The van der Waals surface area contributed by atoms with Crippen molar-refractivity contribution in [2.75, 3.05) is 4.90 Å². The molecule has 0 atom stereocenters. The van der Waals surface area contributed by atoms with Crippen LogP contribution >= 0.6 is 0 Å². The Kier molecular flexibility index (Phi) is 7.33. The van der Waals surface area contributed by atoms with Crippen LogP contribution in [0, 0.1) is 0 Å². The molecule has 1 heteroatoms. The summed E-state index contributed by atoms with van der Waals surface area (Å²) >= 11 is 0. The molecule has 0 amide bonds. The Balaban J connectivity index is 1.07. The van der Waals surface area contributed by atoms with Crippen LogP contribution in [0.4, 0.5) is 11.4 Å². The lowest BCUT2D eigenvalue weighted by atomic mass is 9.83. The first-order chi connectivity index (χ1) is 26.2. The zero-order valence-corrected chi connectivity index (χ0v) is 29.8. The van der Waals surface area contributed by atoms with E-state index in [1.54, 1.807) is 0 Å². The minimum atomic E-state index is 1.12. The molecule has 0 N–H and O–H groups in total. The highest BCUT2D eigenvalue weighted by Gasteiger charge is 2.30. The van der Waals surface area contributed by atoms with Crippen molar-refractivity contribution in [1.29, 1.82) is 0 Å². The molecule has 0 saturated carbocycles. The van der Waals surface area contributed by atoms with E-state index >= 15 is 0 Å². The van der Waals surface area contributed by atoms with Gasteiger partial charge in [0.25, 0.3) is 0 Å². The number of rotatable bonds is 6. The van der Waals surface area contributed by atoms with E-state index in [0.29, 0.717) is 0 Å². The number of benzene rings is 8. The van der Waals surface area contributed by atoms with Gasteiger partial charge in [-0.15, -0.1) is 0 Å². The Bertz CT molecular complexity index is 2770. The first kappa shape index (κ1) is 31.1. The maximum absolute atomic E-state index is 2.42. The SMILES string of the molecule is C/C=C\C=C(/C)N(c1ccc(-c2ccc3c(c2)-c2c4cccc2-c2cccc-3c2-c2ccccc2-4)cc1)c1cccc(-c2cccc3ccccc23)c1. The minimum absolute atomic E-state index is 1.12. The number of hydrogen-bond acceptors (Lipinski definition) is 1. The lowest BCUT2D eigenvalue weighted by molar-refractivity contribution is 1.16. The number of allylic oxidation sites excluding steroid dienone is 4. The second-order valence-electron chi connectivity index (χ2n) is 14.1. The lowest BCUT2D eigenvalue weighted by Gasteiger charge is -2.27. The van der Waals surface area contributed by atoms with E-state index in [4.69, 9.17) is 0 Å². The van der Waals surface area contributed by atoms with Crippen LogP contribution in [0.5, 0.6) is 0 Å². The van der Waals surface area contributed by atoms with Crippen molar-refractivity contribution < 1.29 is 0 Å². The maximum atomic E-state index is 2.42. The van der Waals surface area contributed by atoms with Gasteiger partial charge in [-0.25, -0.2) is 0 Å². The van der Waals surface area contributed by atoms with E-state index in [1.165, 1.54) is 88.7 Å². The van der Waals surface area contributed by atoms with Crippen molar-refractivity contribution in [1.82, 2.24) is 0 Å². The van der Waals surface area contributed by atoms with Gasteiger partial charge < -0.3 is 4.90 Å². The Morgan fingerprint density at radius 1 is 0.415 bits per heavy atom. The third kappa shape index (κ3) is 5.00. The van der Waals surface area contributed by atoms with Gasteiger partial charge in [-0.3, -0.25) is 0 Å². The summed E-state index contributed by atoms with van der Waals surface area (Å²) in [5.41, 5.74) is 21.4. The molecule has 8 aromatic rings. The molecule has 0 fully saturated rings. The van der Waals surface area contributed by atoms with E-state index in [1.807, 2.05) is 0 Å². The molecule has 0 spiro atoms. The highest BCUT2D eigenvalue weighted by Crippen LogP contribution is 2.57. The summed E-state index contributed by atoms with van der Waals surface area (Å²) in [5, 5.41) is 2.51. The summed E-state index contributed by atoms with van der Waals surface area (Å²) in [6.07, 6.45) is 6.38. The topological polar surface area (TPSA) is 3.24 Å². The molecule has 1 nitrogen and oxygen atoms in total. The van der Waals surface area contributed by atoms with Crippen molar-refractivity contribution in [2.24, 2.45) is 0 Å². The van der Waals surface area contributed by atoms with Crippen molar-refractivity contribution in [3.8, 4) is 77.9 Å². The minimum Gasteiger partial charge on any atom is -0.314 e. The van der Waals surface area contributed by atoms with E-state index in [0.717, 1.165) is 17.1 Å². The average molecular weight is 676 g/mol. The molecule has 0 unspecified atom stereocenters. The van der Waals surface area contributed by atoms with E-state index < -0.39 is 0 Å². The van der Waals surface area contributed by atoms with Crippen LogP contribution in [0.25, 0.3) is 88.7 Å². The van der Waals surface area contributed by atoms with Crippen molar-refractivity contribution in [3.05, 3.63) is 194 Å². The monoisotopic (exact) mass is 675 g/mol. The van der Waals surface area contributed by atoms with Crippen LogP contribution in [-0.4, -0.2) is 0 Å². The van der Waals surface area contributed by atoms with Crippen LogP contribution in [0.3, 0.4) is 0 Å².